The molecule has 1 unspecified atom stereocenters. The van der Waals surface area contributed by atoms with E-state index in [1.807, 2.05) is 69.3 Å². The van der Waals surface area contributed by atoms with Crippen LogP contribution in [0.2, 0.25) is 0 Å². The van der Waals surface area contributed by atoms with E-state index in [2.05, 4.69) is 0 Å². The molecular formula is C20H26O3. The van der Waals surface area contributed by atoms with Crippen molar-refractivity contribution < 1.29 is 14.9 Å². The van der Waals surface area contributed by atoms with Gasteiger partial charge in [0, 0.05) is 12.7 Å². The Hall–Kier alpha value is -1.68. The van der Waals surface area contributed by atoms with Gasteiger partial charge in [0.25, 0.3) is 0 Å². The Balaban J connectivity index is 2.76. The lowest BCUT2D eigenvalue weighted by atomic mass is 9.57. The predicted molar refractivity (Wildman–Crippen MR) is 92.0 cm³/mol. The van der Waals surface area contributed by atoms with Gasteiger partial charge < -0.3 is 14.9 Å². The molecule has 0 spiro atoms. The Bertz CT molecular complexity index is 614. The zero-order chi connectivity index (χ0) is 17.1. The summed E-state index contributed by atoms with van der Waals surface area (Å²) in [6.07, 6.45) is 0. The summed E-state index contributed by atoms with van der Waals surface area (Å²) in [4.78, 5) is 0. The van der Waals surface area contributed by atoms with E-state index < -0.39 is 16.6 Å². The van der Waals surface area contributed by atoms with Crippen molar-refractivity contribution in [3.05, 3.63) is 71.8 Å². The molecule has 0 aliphatic carbocycles. The molecular weight excluding hydrogens is 288 g/mol. The minimum Gasteiger partial charge on any atom is -0.384 e. The van der Waals surface area contributed by atoms with Crippen molar-refractivity contribution in [3.63, 3.8) is 0 Å². The second-order valence-corrected chi connectivity index (χ2v) is 6.99. The topological polar surface area (TPSA) is 49.7 Å². The molecule has 1 atom stereocenters. The molecule has 2 aromatic rings. The Morgan fingerprint density at radius 2 is 1.22 bits per heavy atom. The van der Waals surface area contributed by atoms with Gasteiger partial charge in [-0.05, 0) is 11.0 Å². The average molecular weight is 314 g/mol. The Kier molecular flexibility index (Phi) is 4.95. The normalized spacial score (nSPS) is 15.2. The lowest BCUT2D eigenvalue weighted by Gasteiger charge is -2.52. The quantitative estimate of drug-likeness (QED) is 0.831. The van der Waals surface area contributed by atoms with Crippen LogP contribution in [0.15, 0.2) is 60.7 Å². The first-order chi connectivity index (χ1) is 10.8. The van der Waals surface area contributed by atoms with Gasteiger partial charge in [0.2, 0.25) is 5.79 Å². The summed E-state index contributed by atoms with van der Waals surface area (Å²) in [5, 5.41) is 22.6. The van der Waals surface area contributed by atoms with E-state index in [1.165, 1.54) is 0 Å². The van der Waals surface area contributed by atoms with E-state index in [4.69, 9.17) is 4.74 Å². The second-order valence-electron chi connectivity index (χ2n) is 6.99. The van der Waals surface area contributed by atoms with Gasteiger partial charge in [0.15, 0.2) is 0 Å². The Morgan fingerprint density at radius 3 is 1.61 bits per heavy atom. The van der Waals surface area contributed by atoms with Crippen LogP contribution in [-0.2, 0) is 15.9 Å². The van der Waals surface area contributed by atoms with Gasteiger partial charge in [-0.15, -0.1) is 0 Å². The summed E-state index contributed by atoms with van der Waals surface area (Å²) in [6.45, 7) is 6.19. The van der Waals surface area contributed by atoms with Crippen LogP contribution in [0.4, 0.5) is 0 Å². The smallest absolute Gasteiger partial charge is 0.202 e. The van der Waals surface area contributed by atoms with Crippen molar-refractivity contribution in [3.8, 4) is 0 Å². The first kappa shape index (κ1) is 17.7. The highest BCUT2D eigenvalue weighted by molar-refractivity contribution is 5.37. The van der Waals surface area contributed by atoms with Crippen LogP contribution in [0.1, 0.15) is 31.9 Å². The highest BCUT2D eigenvalue weighted by Gasteiger charge is 2.58. The summed E-state index contributed by atoms with van der Waals surface area (Å²) in [5.41, 5.74) is -0.208. The largest absolute Gasteiger partial charge is 0.384 e. The molecule has 0 saturated carbocycles. The summed E-state index contributed by atoms with van der Waals surface area (Å²) in [5.74, 6) is -2.08. The molecule has 0 saturated heterocycles. The zero-order valence-corrected chi connectivity index (χ0v) is 14.3. The molecule has 0 aliphatic heterocycles. The van der Waals surface area contributed by atoms with E-state index >= 15 is 0 Å². The highest BCUT2D eigenvalue weighted by atomic mass is 16.5. The maximum absolute atomic E-state index is 11.3. The van der Waals surface area contributed by atoms with Gasteiger partial charge in [0.1, 0.15) is 0 Å². The van der Waals surface area contributed by atoms with E-state index in [0.717, 1.165) is 5.56 Å². The molecule has 3 heteroatoms. The first-order valence-electron chi connectivity index (χ1n) is 7.82. The van der Waals surface area contributed by atoms with Crippen molar-refractivity contribution in [2.45, 2.75) is 32.0 Å². The SMILES string of the molecule is COCC(c1ccccc1)(C(C)(C)C)C(O)(O)c1ccccc1. The third-order valence-electron chi connectivity index (χ3n) is 4.68. The lowest BCUT2D eigenvalue weighted by molar-refractivity contribution is -0.260. The standard InChI is InChI=1S/C20H26O3/c1-18(2,3)19(15-23-4,16-11-7-5-8-12-16)20(21,22)17-13-9-6-10-14-17/h5-14,21-22H,15H2,1-4H3. The summed E-state index contributed by atoms with van der Waals surface area (Å²) in [7, 11) is 1.59. The fourth-order valence-electron chi connectivity index (χ4n) is 3.41. The number of hydrogen-bond acceptors (Lipinski definition) is 3. The van der Waals surface area contributed by atoms with E-state index in [9.17, 15) is 10.2 Å². The van der Waals surface area contributed by atoms with Crippen LogP contribution in [0.3, 0.4) is 0 Å². The monoisotopic (exact) mass is 314 g/mol. The number of hydrogen-bond donors (Lipinski definition) is 2. The molecule has 2 rings (SSSR count). The van der Waals surface area contributed by atoms with Crippen molar-refractivity contribution in [1.82, 2.24) is 0 Å². The molecule has 23 heavy (non-hydrogen) atoms. The minimum atomic E-state index is -2.08. The van der Waals surface area contributed by atoms with Gasteiger partial charge in [-0.1, -0.05) is 81.4 Å². The maximum Gasteiger partial charge on any atom is 0.202 e. The zero-order valence-electron chi connectivity index (χ0n) is 14.3. The summed E-state index contributed by atoms with van der Waals surface area (Å²) < 4.78 is 5.48. The number of benzene rings is 2. The lowest BCUT2D eigenvalue weighted by Crippen LogP contribution is -2.59. The number of ether oxygens (including phenoxy) is 1. The molecule has 0 aliphatic rings. The van der Waals surface area contributed by atoms with Crippen LogP contribution in [-0.4, -0.2) is 23.9 Å². The minimum absolute atomic E-state index is 0.183. The van der Waals surface area contributed by atoms with Crippen LogP contribution >= 0.6 is 0 Å². The van der Waals surface area contributed by atoms with Crippen LogP contribution in [0.25, 0.3) is 0 Å². The van der Waals surface area contributed by atoms with E-state index in [0.29, 0.717) is 5.56 Å². The molecule has 3 nitrogen and oxygen atoms in total. The van der Waals surface area contributed by atoms with Crippen molar-refractivity contribution in [1.29, 1.82) is 0 Å². The van der Waals surface area contributed by atoms with Crippen LogP contribution < -0.4 is 0 Å². The van der Waals surface area contributed by atoms with Gasteiger partial charge in [-0.3, -0.25) is 0 Å². The number of methoxy groups -OCH3 is 1. The molecule has 0 radical (unpaired) electrons. The van der Waals surface area contributed by atoms with Crippen molar-refractivity contribution in [2.75, 3.05) is 13.7 Å². The van der Waals surface area contributed by atoms with Crippen LogP contribution in [0.5, 0.6) is 0 Å². The third kappa shape index (κ3) is 2.92. The number of rotatable bonds is 5. The average Bonchev–Trinajstić information content (AvgIpc) is 2.53. The summed E-state index contributed by atoms with van der Waals surface area (Å²) >= 11 is 0. The van der Waals surface area contributed by atoms with Gasteiger partial charge in [0.05, 0.1) is 12.0 Å². The maximum atomic E-state index is 11.3. The highest BCUT2D eigenvalue weighted by Crippen LogP contribution is 2.52. The molecule has 0 heterocycles. The molecule has 124 valence electrons. The van der Waals surface area contributed by atoms with Gasteiger partial charge in [-0.2, -0.15) is 0 Å². The van der Waals surface area contributed by atoms with Crippen LogP contribution in [0, 0.1) is 5.41 Å². The Labute approximate surface area is 138 Å². The molecule has 2 aromatic carbocycles. The van der Waals surface area contributed by atoms with E-state index in [1.54, 1.807) is 19.2 Å². The molecule has 0 aromatic heterocycles. The third-order valence-corrected chi connectivity index (χ3v) is 4.68. The molecule has 0 amide bonds. The van der Waals surface area contributed by atoms with Crippen molar-refractivity contribution in [2.24, 2.45) is 5.41 Å². The molecule has 2 N–H and O–H groups in total. The van der Waals surface area contributed by atoms with E-state index in [-0.39, 0.29) is 6.61 Å². The van der Waals surface area contributed by atoms with Gasteiger partial charge in [-0.25, -0.2) is 0 Å². The first-order valence-corrected chi connectivity index (χ1v) is 7.82. The fourth-order valence-corrected chi connectivity index (χ4v) is 3.41. The van der Waals surface area contributed by atoms with Gasteiger partial charge >= 0.3 is 0 Å². The fraction of sp³-hybridized carbons (Fsp3) is 0.400. The van der Waals surface area contributed by atoms with Crippen molar-refractivity contribution >= 4 is 0 Å². The molecule has 0 bridgehead atoms. The second kappa shape index (κ2) is 6.44. The predicted octanol–water partition coefficient (Wildman–Crippen LogP) is 3.45. The summed E-state index contributed by atoms with van der Waals surface area (Å²) in [6, 6.07) is 18.5. The Morgan fingerprint density at radius 1 is 0.783 bits per heavy atom. The number of aliphatic hydroxyl groups is 2. The molecule has 0 fully saturated rings.